The molecular weight excluding hydrogens is 346 g/mol. The molecule has 0 radical (unpaired) electrons. The molecule has 2 aliphatic heterocycles. The van der Waals surface area contributed by atoms with E-state index in [9.17, 15) is 19.8 Å². The Kier molecular flexibility index (Phi) is 3.84. The van der Waals surface area contributed by atoms with Crippen molar-refractivity contribution in [3.05, 3.63) is 16.7 Å². The Bertz CT molecular complexity index is 919. The lowest BCUT2D eigenvalue weighted by Gasteiger charge is -2.41. The van der Waals surface area contributed by atoms with Crippen molar-refractivity contribution in [3.63, 3.8) is 0 Å². The van der Waals surface area contributed by atoms with Crippen LogP contribution in [-0.2, 0) is 14.3 Å². The number of fused-ring (bicyclic) bond motifs is 2. The molecule has 2 aliphatic rings. The molecule has 140 valence electrons. The van der Waals surface area contributed by atoms with E-state index in [2.05, 4.69) is 20.3 Å². The van der Waals surface area contributed by atoms with E-state index in [0.29, 0.717) is 0 Å². The number of anilines is 1. The third kappa shape index (κ3) is 2.35. The number of nitrogens with one attached hydrogen (secondary N) is 2. The van der Waals surface area contributed by atoms with Gasteiger partial charge < -0.3 is 19.7 Å². The maximum absolute atomic E-state index is 12.2. The first-order valence-electron chi connectivity index (χ1n) is 8.22. The van der Waals surface area contributed by atoms with Crippen LogP contribution >= 0.6 is 0 Å². The lowest BCUT2D eigenvalue weighted by atomic mass is 9.91. The molecule has 4 N–H and O–H groups in total. The molecular formula is C15H19N5O6. The van der Waals surface area contributed by atoms with Crippen LogP contribution in [0.25, 0.3) is 11.2 Å². The standard InChI is InChI=1S/C15H19N5O6/c1-6(2)11(23)18-14-17-10-7(12(24)19-14)16-5-20(10)13-8(22)9-15(3-21,26-13)4-25-9/h5-6,8-9,13,21-22H,3-4H2,1-2H3,(H2,17,18,19,23,24). The zero-order chi connectivity index (χ0) is 18.6. The summed E-state index contributed by atoms with van der Waals surface area (Å²) in [6, 6.07) is 0. The molecule has 26 heavy (non-hydrogen) atoms. The van der Waals surface area contributed by atoms with Gasteiger partial charge in [0.15, 0.2) is 17.4 Å². The minimum absolute atomic E-state index is 0.0217. The lowest BCUT2D eigenvalue weighted by Crippen LogP contribution is -2.61. The Morgan fingerprint density at radius 3 is 2.92 bits per heavy atom. The average Bonchev–Trinajstić information content (AvgIpc) is 3.06. The van der Waals surface area contributed by atoms with Crippen molar-refractivity contribution in [1.29, 1.82) is 0 Å². The quantitative estimate of drug-likeness (QED) is 0.524. The molecule has 1 amide bonds. The molecule has 2 saturated heterocycles. The number of rotatable bonds is 4. The Hall–Kier alpha value is -2.34. The summed E-state index contributed by atoms with van der Waals surface area (Å²) in [5, 5.41) is 22.6. The van der Waals surface area contributed by atoms with Crippen LogP contribution < -0.4 is 10.9 Å². The number of ether oxygens (including phenoxy) is 2. The van der Waals surface area contributed by atoms with Crippen molar-refractivity contribution in [1.82, 2.24) is 19.5 Å². The van der Waals surface area contributed by atoms with Crippen LogP contribution in [0.1, 0.15) is 20.1 Å². The molecule has 4 unspecified atom stereocenters. The summed E-state index contributed by atoms with van der Waals surface area (Å²) < 4.78 is 12.5. The number of carbonyl (C=O) groups excluding carboxylic acids is 1. The molecule has 4 atom stereocenters. The first-order valence-corrected chi connectivity index (χ1v) is 8.22. The number of nitrogens with zero attached hydrogens (tertiary/aromatic N) is 3. The van der Waals surface area contributed by atoms with Crippen molar-refractivity contribution in [2.24, 2.45) is 5.92 Å². The van der Waals surface area contributed by atoms with E-state index in [4.69, 9.17) is 9.47 Å². The summed E-state index contributed by atoms with van der Waals surface area (Å²) in [6.45, 7) is 3.28. The van der Waals surface area contributed by atoms with E-state index < -0.39 is 29.6 Å². The number of imidazole rings is 1. The molecule has 11 nitrogen and oxygen atoms in total. The van der Waals surface area contributed by atoms with E-state index in [1.807, 2.05) is 0 Å². The van der Waals surface area contributed by atoms with E-state index in [-0.39, 0.29) is 42.2 Å². The Morgan fingerprint density at radius 1 is 1.58 bits per heavy atom. The Morgan fingerprint density at radius 2 is 2.35 bits per heavy atom. The van der Waals surface area contributed by atoms with Gasteiger partial charge in [0, 0.05) is 5.92 Å². The molecule has 0 saturated carbocycles. The molecule has 0 aromatic carbocycles. The van der Waals surface area contributed by atoms with Gasteiger partial charge in [0.1, 0.15) is 17.8 Å². The molecule has 0 bridgehead atoms. The molecule has 4 heterocycles. The minimum atomic E-state index is -1.07. The molecule has 2 aromatic heterocycles. The fraction of sp³-hybridized carbons (Fsp3) is 0.600. The fourth-order valence-corrected chi connectivity index (χ4v) is 3.16. The number of aromatic nitrogens is 4. The van der Waals surface area contributed by atoms with Gasteiger partial charge in [-0.25, -0.2) is 4.98 Å². The summed E-state index contributed by atoms with van der Waals surface area (Å²) >= 11 is 0. The summed E-state index contributed by atoms with van der Waals surface area (Å²) in [4.78, 5) is 34.8. The number of H-pyrrole nitrogens is 1. The number of amides is 1. The second-order valence-corrected chi connectivity index (χ2v) is 6.84. The molecule has 11 heteroatoms. The van der Waals surface area contributed by atoms with Crippen LogP contribution in [0, 0.1) is 5.92 Å². The number of aliphatic hydroxyl groups is 2. The largest absolute Gasteiger partial charge is 0.393 e. The number of hydrogen-bond donors (Lipinski definition) is 4. The fourth-order valence-electron chi connectivity index (χ4n) is 3.16. The smallest absolute Gasteiger partial charge is 0.280 e. The predicted molar refractivity (Wildman–Crippen MR) is 87.3 cm³/mol. The zero-order valence-electron chi connectivity index (χ0n) is 14.2. The van der Waals surface area contributed by atoms with Crippen LogP contribution in [-0.4, -0.2) is 66.7 Å². The van der Waals surface area contributed by atoms with Gasteiger partial charge in [-0.15, -0.1) is 0 Å². The van der Waals surface area contributed by atoms with Gasteiger partial charge in [-0.05, 0) is 0 Å². The van der Waals surface area contributed by atoms with Gasteiger partial charge >= 0.3 is 0 Å². The van der Waals surface area contributed by atoms with E-state index in [1.165, 1.54) is 10.9 Å². The van der Waals surface area contributed by atoms with Crippen molar-refractivity contribution >= 4 is 23.0 Å². The number of aliphatic hydroxyl groups excluding tert-OH is 2. The van der Waals surface area contributed by atoms with Crippen molar-refractivity contribution in [2.45, 2.75) is 37.9 Å². The monoisotopic (exact) mass is 365 g/mol. The SMILES string of the molecule is CC(C)C(=O)Nc1nc2c(ncn2C2OC3(CO)COC3C2O)c(=O)[nH]1. The highest BCUT2D eigenvalue weighted by molar-refractivity contribution is 5.91. The lowest BCUT2D eigenvalue weighted by molar-refractivity contribution is -0.246. The van der Waals surface area contributed by atoms with Crippen molar-refractivity contribution < 1.29 is 24.5 Å². The van der Waals surface area contributed by atoms with Gasteiger partial charge in [0.25, 0.3) is 5.56 Å². The van der Waals surface area contributed by atoms with Crippen molar-refractivity contribution in [3.8, 4) is 0 Å². The summed E-state index contributed by atoms with van der Waals surface area (Å²) in [7, 11) is 0. The second kappa shape index (κ2) is 5.84. The van der Waals surface area contributed by atoms with E-state index in [1.54, 1.807) is 13.8 Å². The van der Waals surface area contributed by atoms with Crippen LogP contribution in [0.4, 0.5) is 5.95 Å². The van der Waals surface area contributed by atoms with Crippen LogP contribution in [0.15, 0.2) is 11.1 Å². The Labute approximate surface area is 147 Å². The van der Waals surface area contributed by atoms with Gasteiger partial charge in [-0.3, -0.25) is 24.5 Å². The van der Waals surface area contributed by atoms with Gasteiger partial charge in [0.05, 0.1) is 19.5 Å². The molecule has 2 fully saturated rings. The molecule has 0 spiro atoms. The highest BCUT2D eigenvalue weighted by Gasteiger charge is 2.62. The van der Waals surface area contributed by atoms with Crippen LogP contribution in [0.3, 0.4) is 0 Å². The van der Waals surface area contributed by atoms with E-state index in [0.717, 1.165) is 0 Å². The second-order valence-electron chi connectivity index (χ2n) is 6.84. The van der Waals surface area contributed by atoms with Crippen LogP contribution in [0.2, 0.25) is 0 Å². The number of carbonyl (C=O) groups is 1. The third-order valence-electron chi connectivity index (χ3n) is 4.72. The molecule has 2 aromatic rings. The first kappa shape index (κ1) is 17.1. The topological polar surface area (TPSA) is 152 Å². The maximum atomic E-state index is 12.2. The Balaban J connectivity index is 1.73. The van der Waals surface area contributed by atoms with Gasteiger partial charge in [-0.1, -0.05) is 13.8 Å². The van der Waals surface area contributed by atoms with E-state index >= 15 is 0 Å². The summed E-state index contributed by atoms with van der Waals surface area (Å²) in [5.74, 6) is -0.619. The third-order valence-corrected chi connectivity index (χ3v) is 4.72. The maximum Gasteiger partial charge on any atom is 0.280 e. The van der Waals surface area contributed by atoms with Gasteiger partial charge in [-0.2, -0.15) is 4.98 Å². The minimum Gasteiger partial charge on any atom is -0.393 e. The highest BCUT2D eigenvalue weighted by atomic mass is 16.7. The van der Waals surface area contributed by atoms with Gasteiger partial charge in [0.2, 0.25) is 11.9 Å². The number of aromatic amines is 1. The summed E-state index contributed by atoms with van der Waals surface area (Å²) in [5.41, 5.74) is -1.32. The predicted octanol–water partition coefficient (Wildman–Crippen LogP) is -1.27. The number of hydrogen-bond acceptors (Lipinski definition) is 8. The zero-order valence-corrected chi connectivity index (χ0v) is 14.2. The average molecular weight is 365 g/mol. The summed E-state index contributed by atoms with van der Waals surface area (Å²) in [6.07, 6.45) is -1.34. The molecule has 0 aliphatic carbocycles. The van der Waals surface area contributed by atoms with Crippen LogP contribution in [0.5, 0.6) is 0 Å². The first-order chi connectivity index (χ1) is 12.4. The molecule has 4 rings (SSSR count). The normalized spacial score (nSPS) is 30.4. The van der Waals surface area contributed by atoms with Crippen molar-refractivity contribution in [2.75, 3.05) is 18.5 Å². The highest BCUT2D eigenvalue weighted by Crippen LogP contribution is 2.45.